The van der Waals surface area contributed by atoms with Gasteiger partial charge in [-0.3, -0.25) is 9.59 Å². The largest absolute Gasteiger partial charge is 0.433 e. The van der Waals surface area contributed by atoms with Crippen molar-refractivity contribution in [2.45, 2.75) is 31.5 Å². The highest BCUT2D eigenvalue weighted by molar-refractivity contribution is 6.37. The number of alkyl halides is 3. The predicted molar refractivity (Wildman–Crippen MR) is 106 cm³/mol. The van der Waals surface area contributed by atoms with E-state index < -0.39 is 17.8 Å². The van der Waals surface area contributed by atoms with Crippen LogP contribution >= 0.6 is 23.2 Å². The molecule has 3 heterocycles. The summed E-state index contributed by atoms with van der Waals surface area (Å²) < 4.78 is 40.6. The van der Waals surface area contributed by atoms with Crippen molar-refractivity contribution in [3.05, 3.63) is 33.6 Å². The molecule has 2 aromatic heterocycles. The molecule has 0 spiro atoms. The number of fused-ring (bicyclic) bond motifs is 1. The maximum absolute atomic E-state index is 13.4. The second-order valence-corrected chi connectivity index (χ2v) is 8.66. The first kappa shape index (κ1) is 22.2. The highest BCUT2D eigenvalue weighted by Crippen LogP contribution is 2.36. The number of hydrogen-bond donors (Lipinski definition) is 1. The number of carbonyl (C=O) groups excluding carboxylic acids is 2. The molecule has 7 nitrogen and oxygen atoms in total. The van der Waals surface area contributed by atoms with Crippen molar-refractivity contribution in [1.82, 2.24) is 19.4 Å². The molecule has 1 saturated carbocycles. The van der Waals surface area contributed by atoms with E-state index in [2.05, 4.69) is 5.10 Å². The van der Waals surface area contributed by atoms with Crippen LogP contribution in [0.5, 0.6) is 0 Å². The third-order valence-electron chi connectivity index (χ3n) is 5.63. The summed E-state index contributed by atoms with van der Waals surface area (Å²) in [6.07, 6.45) is -1.88. The number of hydrogen-bond acceptors (Lipinski definition) is 4. The molecule has 4 rings (SSSR count). The van der Waals surface area contributed by atoms with E-state index in [1.807, 2.05) is 0 Å². The van der Waals surface area contributed by atoms with Crippen LogP contribution in [0, 0.1) is 5.92 Å². The van der Waals surface area contributed by atoms with Crippen LogP contribution in [0.1, 0.15) is 35.4 Å². The van der Waals surface area contributed by atoms with Crippen LogP contribution in [0.25, 0.3) is 5.52 Å². The van der Waals surface area contributed by atoms with Crippen molar-refractivity contribution in [1.29, 1.82) is 0 Å². The van der Waals surface area contributed by atoms with E-state index in [9.17, 15) is 27.9 Å². The lowest BCUT2D eigenvalue weighted by Gasteiger charge is -2.38. The summed E-state index contributed by atoms with van der Waals surface area (Å²) in [7, 11) is 0. The standard InChI is InChI=1S/C19H19Cl2F3N4O3/c20-11-6-13-16(21)17(25-28(13)14(7-11)19(22,23)24)18(31)26-3-4-27(15(30)8-26)12(9-29)5-10-1-2-10/h6-7,10,12,29H,1-5,8-9H2/t12-/m0/s1. The van der Waals surface area contributed by atoms with Gasteiger partial charge in [0.15, 0.2) is 5.69 Å². The Morgan fingerprint density at radius 2 is 1.97 bits per heavy atom. The van der Waals surface area contributed by atoms with Crippen LogP contribution in [0.15, 0.2) is 12.1 Å². The molecule has 0 aromatic carbocycles. The Kier molecular flexibility index (Phi) is 5.82. The summed E-state index contributed by atoms with van der Waals surface area (Å²) in [5, 5.41) is 13.0. The fourth-order valence-corrected chi connectivity index (χ4v) is 4.32. The molecular weight excluding hydrogens is 460 g/mol. The summed E-state index contributed by atoms with van der Waals surface area (Å²) in [6, 6.07) is 1.59. The Morgan fingerprint density at radius 3 is 2.55 bits per heavy atom. The van der Waals surface area contributed by atoms with Crippen LogP contribution in [0.4, 0.5) is 13.2 Å². The molecule has 2 aromatic rings. The molecule has 1 saturated heterocycles. The molecule has 0 unspecified atom stereocenters. The molecule has 1 atom stereocenters. The van der Waals surface area contributed by atoms with Gasteiger partial charge in [-0.1, -0.05) is 36.0 Å². The lowest BCUT2D eigenvalue weighted by atomic mass is 10.1. The average Bonchev–Trinajstić information content (AvgIpc) is 3.47. The summed E-state index contributed by atoms with van der Waals surface area (Å²) in [6.45, 7) is -0.0531. The Hall–Kier alpha value is -2.04. The van der Waals surface area contributed by atoms with Gasteiger partial charge in [-0.05, 0) is 24.5 Å². The summed E-state index contributed by atoms with van der Waals surface area (Å²) in [5.74, 6) is -0.567. The Labute approximate surface area is 185 Å². The molecule has 0 radical (unpaired) electrons. The zero-order valence-electron chi connectivity index (χ0n) is 16.2. The number of aliphatic hydroxyl groups is 1. The fourth-order valence-electron chi connectivity index (χ4n) is 3.86. The van der Waals surface area contributed by atoms with Crippen LogP contribution in [0.3, 0.4) is 0 Å². The molecular formula is C19H19Cl2F3N4O3. The monoisotopic (exact) mass is 478 g/mol. The molecule has 2 fully saturated rings. The molecule has 168 valence electrons. The Balaban J connectivity index is 1.57. The van der Waals surface area contributed by atoms with Gasteiger partial charge >= 0.3 is 6.18 Å². The van der Waals surface area contributed by atoms with Crippen LogP contribution < -0.4 is 0 Å². The molecule has 31 heavy (non-hydrogen) atoms. The summed E-state index contributed by atoms with van der Waals surface area (Å²) in [5.41, 5.74) is -1.70. The van der Waals surface area contributed by atoms with Crippen molar-refractivity contribution < 1.29 is 27.9 Å². The van der Waals surface area contributed by atoms with E-state index in [0.29, 0.717) is 16.5 Å². The molecule has 1 aliphatic carbocycles. The van der Waals surface area contributed by atoms with Crippen molar-refractivity contribution in [3.63, 3.8) is 0 Å². The second kappa shape index (κ2) is 8.14. The van der Waals surface area contributed by atoms with Crippen LogP contribution in [-0.4, -0.2) is 68.6 Å². The number of carbonyl (C=O) groups is 2. The topological polar surface area (TPSA) is 78.2 Å². The number of halogens is 5. The van der Waals surface area contributed by atoms with E-state index in [0.717, 1.165) is 19.3 Å². The SMILES string of the molecule is O=C(c1nn2c(C(F)(F)F)cc(Cl)cc2c1Cl)N1CCN([C@H](CO)CC2CC2)C(=O)C1. The van der Waals surface area contributed by atoms with Crippen molar-refractivity contribution in [3.8, 4) is 0 Å². The fraction of sp³-hybridized carbons (Fsp3) is 0.526. The highest BCUT2D eigenvalue weighted by atomic mass is 35.5. The minimum absolute atomic E-state index is 0.153. The van der Waals surface area contributed by atoms with E-state index in [4.69, 9.17) is 23.2 Å². The summed E-state index contributed by atoms with van der Waals surface area (Å²) in [4.78, 5) is 28.3. The zero-order chi connectivity index (χ0) is 22.5. The van der Waals surface area contributed by atoms with Crippen LogP contribution in [-0.2, 0) is 11.0 Å². The second-order valence-electron chi connectivity index (χ2n) is 7.85. The summed E-state index contributed by atoms with van der Waals surface area (Å²) >= 11 is 12.0. The molecule has 12 heteroatoms. The maximum atomic E-state index is 13.4. The smallest absolute Gasteiger partial charge is 0.394 e. The normalized spacial score (nSPS) is 18.7. The van der Waals surface area contributed by atoms with Gasteiger partial charge < -0.3 is 14.9 Å². The third-order valence-corrected chi connectivity index (χ3v) is 6.22. The van der Waals surface area contributed by atoms with Gasteiger partial charge in [0.1, 0.15) is 12.2 Å². The zero-order valence-corrected chi connectivity index (χ0v) is 17.7. The number of amides is 2. The lowest BCUT2D eigenvalue weighted by molar-refractivity contribution is -0.142. The van der Waals surface area contributed by atoms with Crippen LogP contribution in [0.2, 0.25) is 10.0 Å². The van der Waals surface area contributed by atoms with Gasteiger partial charge in [-0.15, -0.1) is 0 Å². The molecule has 2 aliphatic rings. The molecule has 1 aliphatic heterocycles. The third kappa shape index (κ3) is 4.33. The van der Waals surface area contributed by atoms with E-state index in [-0.39, 0.29) is 59.4 Å². The van der Waals surface area contributed by atoms with Gasteiger partial charge in [0.2, 0.25) is 5.91 Å². The number of aliphatic hydroxyl groups excluding tert-OH is 1. The van der Waals surface area contributed by atoms with Crippen molar-refractivity contribution in [2.75, 3.05) is 26.2 Å². The average molecular weight is 479 g/mol. The molecule has 0 bridgehead atoms. The maximum Gasteiger partial charge on any atom is 0.433 e. The highest BCUT2D eigenvalue weighted by Gasteiger charge is 2.38. The predicted octanol–water partition coefficient (Wildman–Crippen LogP) is 3.11. The Bertz CT molecular complexity index is 1040. The number of nitrogens with zero attached hydrogens (tertiary/aromatic N) is 4. The van der Waals surface area contributed by atoms with Gasteiger partial charge in [-0.2, -0.15) is 18.3 Å². The molecule has 1 N–H and O–H groups in total. The lowest BCUT2D eigenvalue weighted by Crippen LogP contribution is -2.56. The minimum atomic E-state index is -4.76. The number of piperazine rings is 1. The van der Waals surface area contributed by atoms with Gasteiger partial charge in [0.05, 0.1) is 23.2 Å². The van der Waals surface area contributed by atoms with Gasteiger partial charge in [0.25, 0.3) is 5.91 Å². The van der Waals surface area contributed by atoms with E-state index in [1.54, 1.807) is 4.90 Å². The van der Waals surface area contributed by atoms with Gasteiger partial charge in [0, 0.05) is 18.1 Å². The van der Waals surface area contributed by atoms with E-state index in [1.165, 1.54) is 11.0 Å². The van der Waals surface area contributed by atoms with E-state index >= 15 is 0 Å². The first-order valence-corrected chi connectivity index (χ1v) is 10.5. The molecule has 2 amide bonds. The van der Waals surface area contributed by atoms with Gasteiger partial charge in [-0.25, -0.2) is 4.52 Å². The number of aromatic nitrogens is 2. The quantitative estimate of drug-likeness (QED) is 0.715. The first-order valence-electron chi connectivity index (χ1n) is 9.74. The van der Waals surface area contributed by atoms with Crippen molar-refractivity contribution >= 4 is 40.5 Å². The number of rotatable bonds is 5. The first-order chi connectivity index (χ1) is 14.6. The number of pyridine rings is 1. The van der Waals surface area contributed by atoms with Crippen molar-refractivity contribution in [2.24, 2.45) is 5.92 Å². The minimum Gasteiger partial charge on any atom is -0.394 e. The Morgan fingerprint density at radius 1 is 1.26 bits per heavy atom.